The topological polar surface area (TPSA) is 38.8 Å². The Bertz CT molecular complexity index is 643. The third kappa shape index (κ3) is 5.49. The number of amides is 1. The molecule has 5 heteroatoms. The molecular weight excluding hydrogens is 314 g/mol. The fourth-order valence-corrected chi connectivity index (χ4v) is 2.17. The number of methoxy groups -OCH3 is 1. The van der Waals surface area contributed by atoms with Crippen LogP contribution < -0.4 is 9.47 Å². The van der Waals surface area contributed by atoms with Gasteiger partial charge in [-0.2, -0.15) is 0 Å². The zero-order chi connectivity index (χ0) is 16.7. The van der Waals surface area contributed by atoms with Crippen LogP contribution in [0, 0.1) is 0 Å². The van der Waals surface area contributed by atoms with Crippen LogP contribution in [0.4, 0.5) is 0 Å². The van der Waals surface area contributed by atoms with E-state index in [4.69, 9.17) is 21.1 Å². The highest BCUT2D eigenvalue weighted by Gasteiger charge is 2.10. The number of likely N-dealkylation sites (N-methyl/N-ethyl adjacent to an activating group) is 1. The number of hydrogen-bond acceptors (Lipinski definition) is 3. The quantitative estimate of drug-likeness (QED) is 0.779. The molecule has 0 aliphatic heterocycles. The largest absolute Gasteiger partial charge is 0.497 e. The molecule has 23 heavy (non-hydrogen) atoms. The molecule has 0 fully saturated rings. The first-order valence-electron chi connectivity index (χ1n) is 7.34. The third-order valence-electron chi connectivity index (χ3n) is 3.42. The summed E-state index contributed by atoms with van der Waals surface area (Å²) < 4.78 is 10.8. The third-order valence-corrected chi connectivity index (χ3v) is 3.68. The van der Waals surface area contributed by atoms with Crippen LogP contribution in [0.2, 0.25) is 5.02 Å². The fraction of sp³-hybridized carbons (Fsp3) is 0.278. The highest BCUT2D eigenvalue weighted by Crippen LogP contribution is 2.16. The van der Waals surface area contributed by atoms with E-state index < -0.39 is 0 Å². The first-order chi connectivity index (χ1) is 11.1. The second-order valence-electron chi connectivity index (χ2n) is 5.15. The van der Waals surface area contributed by atoms with Crippen LogP contribution in [0.3, 0.4) is 0 Å². The standard InChI is InChI=1S/C18H20ClNO3/c1-20(10-11-23-16-8-6-15(19)7-9-16)18(21)13-14-4-3-5-17(12-14)22-2/h3-9,12H,10-11,13H2,1-2H3. The molecule has 0 atom stereocenters. The van der Waals surface area contributed by atoms with Gasteiger partial charge in [-0.1, -0.05) is 23.7 Å². The van der Waals surface area contributed by atoms with Crippen LogP contribution in [0.5, 0.6) is 11.5 Å². The van der Waals surface area contributed by atoms with E-state index in [-0.39, 0.29) is 5.91 Å². The molecule has 0 saturated carbocycles. The summed E-state index contributed by atoms with van der Waals surface area (Å²) in [4.78, 5) is 13.9. The summed E-state index contributed by atoms with van der Waals surface area (Å²) in [5, 5.41) is 0.669. The molecule has 0 N–H and O–H groups in total. The number of nitrogens with zero attached hydrogens (tertiary/aromatic N) is 1. The van der Waals surface area contributed by atoms with E-state index >= 15 is 0 Å². The van der Waals surface area contributed by atoms with Crippen molar-refractivity contribution in [3.63, 3.8) is 0 Å². The first kappa shape index (κ1) is 17.2. The van der Waals surface area contributed by atoms with Gasteiger partial charge in [0.1, 0.15) is 18.1 Å². The Morgan fingerprint density at radius 1 is 1.13 bits per heavy atom. The van der Waals surface area contributed by atoms with Gasteiger partial charge in [-0.05, 0) is 42.0 Å². The molecule has 0 aromatic heterocycles. The molecule has 2 aromatic carbocycles. The van der Waals surface area contributed by atoms with Gasteiger partial charge in [0.05, 0.1) is 20.1 Å². The molecule has 0 aliphatic rings. The Morgan fingerprint density at radius 2 is 1.87 bits per heavy atom. The zero-order valence-electron chi connectivity index (χ0n) is 13.3. The van der Waals surface area contributed by atoms with E-state index in [1.54, 1.807) is 43.3 Å². The normalized spacial score (nSPS) is 10.2. The van der Waals surface area contributed by atoms with Crippen LogP contribution in [-0.4, -0.2) is 38.1 Å². The SMILES string of the molecule is COc1cccc(CC(=O)N(C)CCOc2ccc(Cl)cc2)c1. The predicted molar refractivity (Wildman–Crippen MR) is 91.3 cm³/mol. The number of benzene rings is 2. The number of carbonyl (C=O) groups excluding carboxylic acids is 1. The second-order valence-corrected chi connectivity index (χ2v) is 5.58. The van der Waals surface area contributed by atoms with Crippen LogP contribution >= 0.6 is 11.6 Å². The number of carbonyl (C=O) groups is 1. The number of hydrogen-bond donors (Lipinski definition) is 0. The molecule has 4 nitrogen and oxygen atoms in total. The lowest BCUT2D eigenvalue weighted by atomic mass is 10.1. The molecule has 0 aliphatic carbocycles. The average Bonchev–Trinajstić information content (AvgIpc) is 2.56. The van der Waals surface area contributed by atoms with Crippen molar-refractivity contribution in [3.05, 3.63) is 59.1 Å². The lowest BCUT2D eigenvalue weighted by Crippen LogP contribution is -2.32. The lowest BCUT2D eigenvalue weighted by molar-refractivity contribution is -0.129. The summed E-state index contributed by atoms with van der Waals surface area (Å²) in [5.41, 5.74) is 0.930. The van der Waals surface area contributed by atoms with E-state index in [1.165, 1.54) is 0 Å². The van der Waals surface area contributed by atoms with Crippen molar-refractivity contribution in [2.75, 3.05) is 27.3 Å². The Labute approximate surface area is 141 Å². The minimum atomic E-state index is 0.0398. The van der Waals surface area contributed by atoms with E-state index in [0.717, 1.165) is 17.1 Å². The summed E-state index contributed by atoms with van der Waals surface area (Å²) >= 11 is 5.82. The summed E-state index contributed by atoms with van der Waals surface area (Å²) in [6.45, 7) is 0.952. The maximum absolute atomic E-state index is 12.2. The van der Waals surface area contributed by atoms with Crippen molar-refractivity contribution in [2.45, 2.75) is 6.42 Å². The van der Waals surface area contributed by atoms with Crippen LogP contribution in [0.1, 0.15) is 5.56 Å². The molecule has 1 amide bonds. The van der Waals surface area contributed by atoms with Crippen molar-refractivity contribution in [1.29, 1.82) is 0 Å². The fourth-order valence-electron chi connectivity index (χ4n) is 2.05. The monoisotopic (exact) mass is 333 g/mol. The van der Waals surface area contributed by atoms with Gasteiger partial charge < -0.3 is 14.4 Å². The van der Waals surface area contributed by atoms with Gasteiger partial charge in [0, 0.05) is 12.1 Å². The van der Waals surface area contributed by atoms with E-state index in [1.807, 2.05) is 24.3 Å². The number of halogens is 1. The molecular formula is C18H20ClNO3. The van der Waals surface area contributed by atoms with Gasteiger partial charge in [-0.3, -0.25) is 4.79 Å². The number of ether oxygens (including phenoxy) is 2. The van der Waals surface area contributed by atoms with E-state index in [2.05, 4.69) is 0 Å². The molecule has 2 rings (SSSR count). The molecule has 0 bridgehead atoms. The van der Waals surface area contributed by atoms with Gasteiger partial charge in [0.25, 0.3) is 0 Å². The van der Waals surface area contributed by atoms with E-state index in [0.29, 0.717) is 24.6 Å². The van der Waals surface area contributed by atoms with Crippen molar-refractivity contribution < 1.29 is 14.3 Å². The van der Waals surface area contributed by atoms with Crippen LogP contribution in [0.25, 0.3) is 0 Å². The number of rotatable bonds is 7. The van der Waals surface area contributed by atoms with Gasteiger partial charge in [0.2, 0.25) is 5.91 Å². The Kier molecular flexibility index (Phi) is 6.29. The predicted octanol–water partition coefficient (Wildman–Crippen LogP) is 3.43. The highest BCUT2D eigenvalue weighted by atomic mass is 35.5. The van der Waals surface area contributed by atoms with Gasteiger partial charge in [-0.15, -0.1) is 0 Å². The molecule has 0 radical (unpaired) electrons. The Morgan fingerprint density at radius 3 is 2.57 bits per heavy atom. The summed E-state index contributed by atoms with van der Waals surface area (Å²) in [6, 6.07) is 14.7. The molecule has 0 heterocycles. The van der Waals surface area contributed by atoms with Crippen molar-refractivity contribution >= 4 is 17.5 Å². The molecule has 0 unspecified atom stereocenters. The zero-order valence-corrected chi connectivity index (χ0v) is 14.0. The Hall–Kier alpha value is -2.20. The molecule has 0 spiro atoms. The van der Waals surface area contributed by atoms with Gasteiger partial charge in [0.15, 0.2) is 0 Å². The van der Waals surface area contributed by atoms with Gasteiger partial charge in [-0.25, -0.2) is 0 Å². The maximum Gasteiger partial charge on any atom is 0.226 e. The van der Waals surface area contributed by atoms with Crippen molar-refractivity contribution in [1.82, 2.24) is 4.90 Å². The first-order valence-corrected chi connectivity index (χ1v) is 7.71. The lowest BCUT2D eigenvalue weighted by Gasteiger charge is -2.17. The smallest absolute Gasteiger partial charge is 0.226 e. The van der Waals surface area contributed by atoms with Crippen LogP contribution in [0.15, 0.2) is 48.5 Å². The second kappa shape index (κ2) is 8.44. The summed E-state index contributed by atoms with van der Waals surface area (Å²) in [6.07, 6.45) is 0.342. The van der Waals surface area contributed by atoms with Crippen molar-refractivity contribution in [3.8, 4) is 11.5 Å². The summed E-state index contributed by atoms with van der Waals surface area (Å²) in [7, 11) is 3.38. The average molecular weight is 334 g/mol. The molecule has 2 aromatic rings. The maximum atomic E-state index is 12.2. The summed E-state index contributed by atoms with van der Waals surface area (Å²) in [5.74, 6) is 1.53. The Balaban J connectivity index is 1.79. The highest BCUT2D eigenvalue weighted by molar-refractivity contribution is 6.30. The van der Waals surface area contributed by atoms with Crippen LogP contribution in [-0.2, 0) is 11.2 Å². The minimum Gasteiger partial charge on any atom is -0.497 e. The minimum absolute atomic E-state index is 0.0398. The molecule has 0 saturated heterocycles. The molecule has 122 valence electrons. The van der Waals surface area contributed by atoms with Crippen molar-refractivity contribution in [2.24, 2.45) is 0 Å². The van der Waals surface area contributed by atoms with E-state index in [9.17, 15) is 4.79 Å². The van der Waals surface area contributed by atoms with Gasteiger partial charge >= 0.3 is 0 Å².